The summed E-state index contributed by atoms with van der Waals surface area (Å²) in [6.45, 7) is 5.64. The van der Waals surface area contributed by atoms with Crippen LogP contribution in [0.2, 0.25) is 0 Å². The molecule has 0 unspecified atom stereocenters. The third-order valence-electron chi connectivity index (χ3n) is 2.76. The minimum Gasteiger partial charge on any atom is -0.311 e. The molecule has 1 N–H and O–H groups in total. The second kappa shape index (κ2) is 5.00. The van der Waals surface area contributed by atoms with Gasteiger partial charge in [-0.1, -0.05) is 23.8 Å². The highest BCUT2D eigenvalue weighted by Gasteiger charge is 2.03. The second-order valence-corrected chi connectivity index (χ2v) is 4.43. The Hall–Kier alpha value is -2.16. The Morgan fingerprint density at radius 1 is 1.17 bits per heavy atom. The number of benzene rings is 1. The number of nitrogens with one attached hydrogen (secondary N) is 1. The van der Waals surface area contributed by atoms with E-state index in [1.807, 2.05) is 12.1 Å². The van der Waals surface area contributed by atoms with E-state index in [1.165, 1.54) is 23.6 Å². The Bertz CT molecular complexity index is 574. The van der Waals surface area contributed by atoms with Crippen LogP contribution in [-0.2, 0) is 4.79 Å². The summed E-state index contributed by atoms with van der Waals surface area (Å²) in [4.78, 5) is 15.1. The van der Waals surface area contributed by atoms with Crippen molar-refractivity contribution in [3.05, 3.63) is 47.7 Å². The fraction of sp³-hybridized carbons (Fsp3) is 0.200. The van der Waals surface area contributed by atoms with Gasteiger partial charge in [-0.2, -0.15) is 0 Å². The number of aryl methyl sites for hydroxylation is 2. The van der Waals surface area contributed by atoms with E-state index in [0.29, 0.717) is 5.82 Å². The first kappa shape index (κ1) is 12.3. The van der Waals surface area contributed by atoms with Crippen molar-refractivity contribution in [3.63, 3.8) is 0 Å². The molecule has 0 aliphatic rings. The van der Waals surface area contributed by atoms with Crippen LogP contribution in [0.5, 0.6) is 0 Å². The Morgan fingerprint density at radius 2 is 1.94 bits per heavy atom. The van der Waals surface area contributed by atoms with Gasteiger partial charge >= 0.3 is 0 Å². The number of nitrogens with zero attached hydrogens (tertiary/aromatic N) is 1. The number of hydrogen-bond acceptors (Lipinski definition) is 2. The Kier molecular flexibility index (Phi) is 3.42. The van der Waals surface area contributed by atoms with Crippen LogP contribution in [-0.4, -0.2) is 10.9 Å². The maximum atomic E-state index is 10.9. The number of amides is 1. The summed E-state index contributed by atoms with van der Waals surface area (Å²) in [5, 5.41) is 2.66. The number of pyridine rings is 1. The molecule has 18 heavy (non-hydrogen) atoms. The number of carbonyl (C=O) groups is 1. The molecule has 0 atom stereocenters. The molecule has 1 aromatic carbocycles. The van der Waals surface area contributed by atoms with Gasteiger partial charge in [-0.3, -0.25) is 4.79 Å². The van der Waals surface area contributed by atoms with Gasteiger partial charge in [0.15, 0.2) is 0 Å². The average molecular weight is 240 g/mol. The first-order valence-corrected chi connectivity index (χ1v) is 5.87. The van der Waals surface area contributed by atoms with Crippen LogP contribution in [0.1, 0.15) is 18.1 Å². The van der Waals surface area contributed by atoms with Gasteiger partial charge in [0.05, 0.1) is 0 Å². The van der Waals surface area contributed by atoms with E-state index in [1.54, 1.807) is 6.20 Å². The molecule has 0 saturated heterocycles. The summed E-state index contributed by atoms with van der Waals surface area (Å²) in [5.41, 5.74) is 4.70. The summed E-state index contributed by atoms with van der Waals surface area (Å²) in [7, 11) is 0. The lowest BCUT2D eigenvalue weighted by Gasteiger charge is -2.08. The molecule has 2 aromatic rings. The smallest absolute Gasteiger partial charge is 0.222 e. The lowest BCUT2D eigenvalue weighted by molar-refractivity contribution is -0.114. The van der Waals surface area contributed by atoms with Gasteiger partial charge in [0.25, 0.3) is 0 Å². The minimum absolute atomic E-state index is 0.109. The lowest BCUT2D eigenvalue weighted by Crippen LogP contribution is -2.06. The average Bonchev–Trinajstić information content (AvgIpc) is 2.30. The van der Waals surface area contributed by atoms with Gasteiger partial charge in [0.2, 0.25) is 5.91 Å². The standard InChI is InChI=1S/C15H16N2O/c1-10-4-6-14(11(2)8-10)13-5-7-15(16-9-13)17-12(3)18/h4-9H,1-3H3,(H,16,17,18). The molecule has 0 spiro atoms. The molecule has 0 fully saturated rings. The van der Waals surface area contributed by atoms with Gasteiger partial charge < -0.3 is 5.32 Å². The minimum atomic E-state index is -0.109. The molecule has 0 aliphatic heterocycles. The highest BCUT2D eigenvalue weighted by Crippen LogP contribution is 2.24. The zero-order valence-electron chi connectivity index (χ0n) is 10.8. The van der Waals surface area contributed by atoms with Crippen LogP contribution in [0.4, 0.5) is 5.82 Å². The van der Waals surface area contributed by atoms with E-state index in [9.17, 15) is 4.79 Å². The quantitative estimate of drug-likeness (QED) is 0.874. The largest absolute Gasteiger partial charge is 0.311 e. The first-order chi connectivity index (χ1) is 8.56. The van der Waals surface area contributed by atoms with Gasteiger partial charge in [0, 0.05) is 18.7 Å². The SMILES string of the molecule is CC(=O)Nc1ccc(-c2ccc(C)cc2C)cn1. The van der Waals surface area contributed by atoms with Crippen molar-refractivity contribution in [1.29, 1.82) is 0 Å². The van der Waals surface area contributed by atoms with Crippen LogP contribution in [0.15, 0.2) is 36.5 Å². The molecule has 0 aliphatic carbocycles. The maximum absolute atomic E-state index is 10.9. The third kappa shape index (κ3) is 2.74. The number of carbonyl (C=O) groups excluding carboxylic acids is 1. The number of anilines is 1. The fourth-order valence-corrected chi connectivity index (χ4v) is 1.94. The van der Waals surface area contributed by atoms with Crippen molar-refractivity contribution in [2.75, 3.05) is 5.32 Å². The topological polar surface area (TPSA) is 42.0 Å². The maximum Gasteiger partial charge on any atom is 0.222 e. The fourth-order valence-electron chi connectivity index (χ4n) is 1.94. The van der Waals surface area contributed by atoms with Crippen molar-refractivity contribution >= 4 is 11.7 Å². The van der Waals surface area contributed by atoms with Crippen molar-refractivity contribution in [2.45, 2.75) is 20.8 Å². The van der Waals surface area contributed by atoms with Crippen LogP contribution in [0.3, 0.4) is 0 Å². The monoisotopic (exact) mass is 240 g/mol. The predicted molar refractivity (Wildman–Crippen MR) is 73.5 cm³/mol. The number of hydrogen-bond donors (Lipinski definition) is 1. The van der Waals surface area contributed by atoms with Crippen LogP contribution < -0.4 is 5.32 Å². The molecule has 2 rings (SSSR count). The van der Waals surface area contributed by atoms with Crippen LogP contribution >= 0.6 is 0 Å². The van der Waals surface area contributed by atoms with E-state index in [0.717, 1.165) is 5.56 Å². The Balaban J connectivity index is 2.31. The van der Waals surface area contributed by atoms with E-state index < -0.39 is 0 Å². The lowest BCUT2D eigenvalue weighted by atomic mass is 10.0. The van der Waals surface area contributed by atoms with Gasteiger partial charge in [-0.05, 0) is 37.1 Å². The van der Waals surface area contributed by atoms with E-state index in [2.05, 4.69) is 42.3 Å². The predicted octanol–water partition coefficient (Wildman–Crippen LogP) is 3.32. The molecule has 92 valence electrons. The number of rotatable bonds is 2. The summed E-state index contributed by atoms with van der Waals surface area (Å²) >= 11 is 0. The van der Waals surface area contributed by atoms with Gasteiger partial charge in [-0.25, -0.2) is 4.98 Å². The molecule has 1 heterocycles. The number of aromatic nitrogens is 1. The molecule has 0 radical (unpaired) electrons. The van der Waals surface area contributed by atoms with Crippen molar-refractivity contribution in [3.8, 4) is 11.1 Å². The molecule has 1 amide bonds. The van der Waals surface area contributed by atoms with Crippen LogP contribution in [0.25, 0.3) is 11.1 Å². The summed E-state index contributed by atoms with van der Waals surface area (Å²) in [6.07, 6.45) is 1.78. The second-order valence-electron chi connectivity index (χ2n) is 4.43. The zero-order valence-corrected chi connectivity index (χ0v) is 10.8. The van der Waals surface area contributed by atoms with Crippen molar-refractivity contribution in [1.82, 2.24) is 4.98 Å². The third-order valence-corrected chi connectivity index (χ3v) is 2.76. The summed E-state index contributed by atoms with van der Waals surface area (Å²) < 4.78 is 0. The van der Waals surface area contributed by atoms with Crippen molar-refractivity contribution in [2.24, 2.45) is 0 Å². The van der Waals surface area contributed by atoms with E-state index in [4.69, 9.17) is 0 Å². The summed E-state index contributed by atoms with van der Waals surface area (Å²) in [5.74, 6) is 0.470. The van der Waals surface area contributed by atoms with E-state index >= 15 is 0 Å². The Labute approximate surface area is 107 Å². The summed E-state index contributed by atoms with van der Waals surface area (Å²) in [6, 6.07) is 10.1. The molecule has 3 nitrogen and oxygen atoms in total. The molecular weight excluding hydrogens is 224 g/mol. The first-order valence-electron chi connectivity index (χ1n) is 5.87. The van der Waals surface area contributed by atoms with E-state index in [-0.39, 0.29) is 5.91 Å². The molecule has 1 aromatic heterocycles. The molecule has 0 saturated carbocycles. The molecule has 0 bridgehead atoms. The zero-order chi connectivity index (χ0) is 13.1. The van der Waals surface area contributed by atoms with Crippen molar-refractivity contribution < 1.29 is 4.79 Å². The normalized spacial score (nSPS) is 10.2. The highest BCUT2D eigenvalue weighted by atomic mass is 16.1. The highest BCUT2D eigenvalue weighted by molar-refractivity contribution is 5.87. The van der Waals surface area contributed by atoms with Gasteiger partial charge in [0.1, 0.15) is 5.82 Å². The Morgan fingerprint density at radius 3 is 2.50 bits per heavy atom. The molecule has 3 heteroatoms. The van der Waals surface area contributed by atoms with Gasteiger partial charge in [-0.15, -0.1) is 0 Å². The van der Waals surface area contributed by atoms with Crippen LogP contribution in [0, 0.1) is 13.8 Å². The molecular formula is C15H16N2O.